The lowest BCUT2D eigenvalue weighted by Gasteiger charge is -2.14. The highest BCUT2D eigenvalue weighted by Gasteiger charge is 2.19. The number of rotatable bonds is 6. The molecule has 0 saturated heterocycles. The van der Waals surface area contributed by atoms with Crippen LogP contribution in [0.3, 0.4) is 0 Å². The Morgan fingerprint density at radius 1 is 1.17 bits per heavy atom. The van der Waals surface area contributed by atoms with Crippen molar-refractivity contribution in [2.75, 3.05) is 6.61 Å². The van der Waals surface area contributed by atoms with Crippen molar-refractivity contribution >= 4 is 0 Å². The van der Waals surface area contributed by atoms with Gasteiger partial charge in [0, 0.05) is 0 Å². The van der Waals surface area contributed by atoms with Gasteiger partial charge in [-0.25, -0.2) is 0 Å². The van der Waals surface area contributed by atoms with E-state index in [0.29, 0.717) is 12.1 Å². The number of hydrogen-bond donors (Lipinski definition) is 1. The third kappa shape index (κ3) is 3.38. The first kappa shape index (κ1) is 17.0. The molecule has 0 aliphatic heterocycles. The minimum atomic E-state index is 0.0478. The molecule has 0 aliphatic carbocycles. The summed E-state index contributed by atoms with van der Waals surface area (Å²) in [5, 5.41) is 22.8. The van der Waals surface area contributed by atoms with E-state index >= 15 is 0 Å². The summed E-state index contributed by atoms with van der Waals surface area (Å²) >= 11 is 0. The number of nitrogens with zero attached hydrogens (tertiary/aromatic N) is 3. The number of aryl methyl sites for hydroxylation is 3. The van der Waals surface area contributed by atoms with Crippen LogP contribution in [0.1, 0.15) is 41.9 Å². The van der Waals surface area contributed by atoms with Crippen LogP contribution in [0.2, 0.25) is 0 Å². The van der Waals surface area contributed by atoms with E-state index in [2.05, 4.69) is 18.1 Å². The average Bonchev–Trinajstić information content (AvgIpc) is 2.87. The van der Waals surface area contributed by atoms with Gasteiger partial charge in [0.2, 0.25) is 0 Å². The smallest absolute Gasteiger partial charge is 0.171 e. The van der Waals surface area contributed by atoms with Gasteiger partial charge in [0.15, 0.2) is 5.75 Å². The molecule has 0 unspecified atom stereocenters. The summed E-state index contributed by atoms with van der Waals surface area (Å²) in [6.07, 6.45) is 1.53. The zero-order valence-electron chi connectivity index (χ0n) is 14.2. The first-order valence-corrected chi connectivity index (χ1v) is 7.94. The molecular formula is C18H23N3O2. The van der Waals surface area contributed by atoms with Gasteiger partial charge < -0.3 is 9.84 Å². The molecule has 0 radical (unpaired) electrons. The van der Waals surface area contributed by atoms with Gasteiger partial charge in [-0.15, -0.1) is 0 Å². The van der Waals surface area contributed by atoms with Crippen LogP contribution in [0.5, 0.6) is 11.5 Å². The molecule has 0 bridgehead atoms. The Hall–Kier alpha value is -2.32. The molecule has 1 heterocycles. The van der Waals surface area contributed by atoms with E-state index in [-0.39, 0.29) is 6.61 Å². The summed E-state index contributed by atoms with van der Waals surface area (Å²) in [5.41, 5.74) is 4.37. The fraction of sp³-hybridized carbons (Fsp3) is 0.444. The number of aliphatic hydroxyl groups is 1. The number of aliphatic hydroxyl groups excluding tert-OH is 1. The van der Waals surface area contributed by atoms with Gasteiger partial charge in [0.1, 0.15) is 11.4 Å². The second-order valence-electron chi connectivity index (χ2n) is 5.53. The van der Waals surface area contributed by atoms with E-state index < -0.39 is 0 Å². The van der Waals surface area contributed by atoms with E-state index in [9.17, 15) is 5.11 Å². The Bertz CT molecular complexity index is 718. The molecule has 0 aliphatic rings. The maximum absolute atomic E-state index is 9.22. The molecule has 23 heavy (non-hydrogen) atoms. The lowest BCUT2D eigenvalue weighted by Crippen LogP contribution is -2.08. The third-order valence-corrected chi connectivity index (χ3v) is 3.85. The zero-order valence-corrected chi connectivity index (χ0v) is 14.2. The monoisotopic (exact) mass is 313 g/mol. The lowest BCUT2D eigenvalue weighted by molar-refractivity contribution is 0.267. The van der Waals surface area contributed by atoms with Gasteiger partial charge in [-0.3, -0.25) is 4.68 Å². The Morgan fingerprint density at radius 2 is 1.83 bits per heavy atom. The maximum Gasteiger partial charge on any atom is 0.171 e. The average molecular weight is 313 g/mol. The normalized spacial score (nSPS) is 10.6. The van der Waals surface area contributed by atoms with Crippen LogP contribution in [0, 0.1) is 25.2 Å². The number of aromatic nitrogens is 2. The summed E-state index contributed by atoms with van der Waals surface area (Å²) in [4.78, 5) is 0. The summed E-state index contributed by atoms with van der Waals surface area (Å²) in [5.74, 6) is 1.55. The summed E-state index contributed by atoms with van der Waals surface area (Å²) < 4.78 is 8.06. The van der Waals surface area contributed by atoms with Gasteiger partial charge in [-0.05, 0) is 49.9 Å². The topological polar surface area (TPSA) is 71.1 Å². The van der Waals surface area contributed by atoms with Crippen molar-refractivity contribution in [3.05, 3.63) is 40.2 Å². The Balaban J connectivity index is 2.50. The predicted molar refractivity (Wildman–Crippen MR) is 88.8 cm³/mol. The second kappa shape index (κ2) is 7.30. The van der Waals surface area contributed by atoms with Gasteiger partial charge in [0.05, 0.1) is 30.5 Å². The van der Waals surface area contributed by atoms with Crippen molar-refractivity contribution in [2.24, 2.45) is 0 Å². The molecule has 5 nitrogen and oxygen atoms in total. The fourth-order valence-electron chi connectivity index (χ4n) is 2.78. The minimum absolute atomic E-state index is 0.0478. The number of hydrogen-bond acceptors (Lipinski definition) is 4. The van der Waals surface area contributed by atoms with E-state index in [0.717, 1.165) is 46.9 Å². The van der Waals surface area contributed by atoms with Crippen molar-refractivity contribution < 1.29 is 9.84 Å². The van der Waals surface area contributed by atoms with E-state index in [1.165, 1.54) is 0 Å². The first-order chi connectivity index (χ1) is 11.0. The SMILES string of the molecule is CCc1nn(CCO)c(CC)c1Oc1c(C)cc(C#N)cc1C. The van der Waals surface area contributed by atoms with Crippen molar-refractivity contribution in [3.63, 3.8) is 0 Å². The molecule has 1 aromatic carbocycles. The molecular weight excluding hydrogens is 290 g/mol. The molecule has 2 aromatic rings. The molecule has 1 N–H and O–H groups in total. The summed E-state index contributed by atoms with van der Waals surface area (Å²) in [7, 11) is 0. The fourth-order valence-corrected chi connectivity index (χ4v) is 2.78. The molecule has 122 valence electrons. The maximum atomic E-state index is 9.22. The highest BCUT2D eigenvalue weighted by Crippen LogP contribution is 2.34. The van der Waals surface area contributed by atoms with Crippen molar-refractivity contribution in [3.8, 4) is 17.6 Å². The second-order valence-corrected chi connectivity index (χ2v) is 5.53. The Kier molecular flexibility index (Phi) is 5.41. The Morgan fingerprint density at radius 3 is 2.30 bits per heavy atom. The van der Waals surface area contributed by atoms with Gasteiger partial charge in [-0.2, -0.15) is 10.4 Å². The van der Waals surface area contributed by atoms with Crippen LogP contribution in [-0.2, 0) is 19.4 Å². The summed E-state index contributed by atoms with van der Waals surface area (Å²) in [6, 6.07) is 5.83. The first-order valence-electron chi connectivity index (χ1n) is 7.94. The highest BCUT2D eigenvalue weighted by molar-refractivity contribution is 5.50. The van der Waals surface area contributed by atoms with Crippen LogP contribution in [0.25, 0.3) is 0 Å². The lowest BCUT2D eigenvalue weighted by atomic mass is 10.1. The van der Waals surface area contributed by atoms with Crippen molar-refractivity contribution in [1.82, 2.24) is 9.78 Å². The van der Waals surface area contributed by atoms with Crippen LogP contribution in [0.15, 0.2) is 12.1 Å². The molecule has 1 aromatic heterocycles. The van der Waals surface area contributed by atoms with E-state index in [4.69, 9.17) is 10.00 Å². The largest absolute Gasteiger partial charge is 0.453 e. The van der Waals surface area contributed by atoms with Crippen LogP contribution in [-0.4, -0.2) is 21.5 Å². The van der Waals surface area contributed by atoms with Crippen LogP contribution in [0.4, 0.5) is 0 Å². The number of nitriles is 1. The highest BCUT2D eigenvalue weighted by atomic mass is 16.5. The molecule has 0 atom stereocenters. The molecule has 5 heteroatoms. The van der Waals surface area contributed by atoms with Crippen molar-refractivity contribution in [2.45, 2.75) is 47.1 Å². The zero-order chi connectivity index (χ0) is 17.0. The molecule has 0 spiro atoms. The minimum Gasteiger partial charge on any atom is -0.453 e. The third-order valence-electron chi connectivity index (χ3n) is 3.85. The quantitative estimate of drug-likeness (QED) is 0.888. The molecule has 2 rings (SSSR count). The predicted octanol–water partition coefficient (Wildman–Crippen LogP) is 3.28. The molecule has 0 fully saturated rings. The number of ether oxygens (including phenoxy) is 1. The molecule has 0 amide bonds. The Labute approximate surface area is 137 Å². The standard InChI is InChI=1S/C18H23N3O2/c1-5-15-18(16(6-2)21(20-15)7-8-22)23-17-12(3)9-14(11-19)10-13(17)4/h9-10,22H,5-8H2,1-4H3. The van der Waals surface area contributed by atoms with Crippen molar-refractivity contribution in [1.29, 1.82) is 5.26 Å². The van der Waals surface area contributed by atoms with Gasteiger partial charge in [0.25, 0.3) is 0 Å². The van der Waals surface area contributed by atoms with E-state index in [1.807, 2.05) is 37.6 Å². The summed E-state index contributed by atoms with van der Waals surface area (Å²) in [6.45, 7) is 8.49. The van der Waals surface area contributed by atoms with Gasteiger partial charge >= 0.3 is 0 Å². The number of benzene rings is 1. The van der Waals surface area contributed by atoms with Crippen LogP contribution >= 0.6 is 0 Å². The van der Waals surface area contributed by atoms with Gasteiger partial charge in [-0.1, -0.05) is 13.8 Å². The van der Waals surface area contributed by atoms with Crippen LogP contribution < -0.4 is 4.74 Å². The molecule has 0 saturated carbocycles. The van der Waals surface area contributed by atoms with E-state index in [1.54, 1.807) is 0 Å².